The van der Waals surface area contributed by atoms with Gasteiger partial charge in [0.15, 0.2) is 0 Å². The molecule has 5 nitrogen and oxygen atoms in total. The summed E-state index contributed by atoms with van der Waals surface area (Å²) in [6, 6.07) is 5.67. The summed E-state index contributed by atoms with van der Waals surface area (Å²) >= 11 is 0. The van der Waals surface area contributed by atoms with Crippen molar-refractivity contribution in [2.45, 2.75) is 70.1 Å². The minimum absolute atomic E-state index is 0.0874. The molecular formula is C28H31F6NO4. The van der Waals surface area contributed by atoms with Crippen molar-refractivity contribution in [3.63, 3.8) is 0 Å². The highest BCUT2D eigenvalue weighted by Gasteiger charge is 2.40. The molecule has 0 spiro atoms. The highest BCUT2D eigenvalue weighted by Crippen LogP contribution is 2.42. The Bertz CT molecular complexity index is 1200. The van der Waals surface area contributed by atoms with Crippen LogP contribution in [-0.4, -0.2) is 40.3 Å². The van der Waals surface area contributed by atoms with Crippen LogP contribution in [0.15, 0.2) is 36.4 Å². The van der Waals surface area contributed by atoms with Crippen LogP contribution in [0, 0.1) is 11.8 Å². The normalized spacial score (nSPS) is 22.9. The van der Waals surface area contributed by atoms with E-state index in [0.29, 0.717) is 55.3 Å². The van der Waals surface area contributed by atoms with Crippen LogP contribution in [0.25, 0.3) is 0 Å². The van der Waals surface area contributed by atoms with Gasteiger partial charge in [0.1, 0.15) is 11.9 Å². The fraction of sp³-hybridized carbons (Fsp3) is 0.536. The standard InChI is InChI=1S/C28H31F6NO4/c1-15(26(37)38)25(36)19-7-6-18-5-3-17-4-9-21(39-24(18)11-19)14-35(13-17)16(2)22-12-20(27(29,30)31)8-10-23(22)28(32,33)34/h6-8,10-12,15-17,21,25,36H,3-5,9,13-14H2,1-2H3,(H,37,38)/t15-,16-,17+,21-,25+/m0/s1. The average Bonchev–Trinajstić information content (AvgIpc) is 3.02. The van der Waals surface area contributed by atoms with Crippen LogP contribution in [0.2, 0.25) is 0 Å². The molecule has 2 N–H and O–H groups in total. The fourth-order valence-electron chi connectivity index (χ4n) is 5.49. The smallest absolute Gasteiger partial charge is 0.416 e. The van der Waals surface area contributed by atoms with Gasteiger partial charge < -0.3 is 14.9 Å². The Hall–Kier alpha value is -2.79. The van der Waals surface area contributed by atoms with Gasteiger partial charge in [-0.05, 0) is 86.4 Å². The largest absolute Gasteiger partial charge is 0.489 e. The molecule has 0 aliphatic carbocycles. The van der Waals surface area contributed by atoms with E-state index in [0.717, 1.165) is 12.0 Å². The Kier molecular flexibility index (Phi) is 8.23. The Morgan fingerprint density at radius 3 is 2.33 bits per heavy atom. The number of hydrogen-bond donors (Lipinski definition) is 2. The zero-order chi connectivity index (χ0) is 28.7. The lowest BCUT2D eigenvalue weighted by Gasteiger charge is -2.34. The summed E-state index contributed by atoms with van der Waals surface area (Å²) in [5.41, 5.74) is -1.40. The number of aliphatic hydroxyl groups excluding tert-OH is 1. The number of carboxylic acids is 1. The van der Waals surface area contributed by atoms with Gasteiger partial charge in [-0.3, -0.25) is 9.69 Å². The van der Waals surface area contributed by atoms with Gasteiger partial charge in [0.25, 0.3) is 0 Å². The molecule has 0 unspecified atom stereocenters. The topological polar surface area (TPSA) is 70.0 Å². The van der Waals surface area contributed by atoms with Crippen molar-refractivity contribution in [1.82, 2.24) is 4.90 Å². The van der Waals surface area contributed by atoms with E-state index in [4.69, 9.17) is 4.74 Å². The first-order valence-electron chi connectivity index (χ1n) is 12.9. The molecule has 214 valence electrons. The lowest BCUT2D eigenvalue weighted by molar-refractivity contribution is -0.145. The van der Waals surface area contributed by atoms with Crippen LogP contribution in [-0.2, 0) is 23.6 Å². The Morgan fingerprint density at radius 1 is 0.974 bits per heavy atom. The quantitative estimate of drug-likeness (QED) is 0.402. The Balaban J connectivity index is 1.65. The van der Waals surface area contributed by atoms with Gasteiger partial charge in [-0.25, -0.2) is 0 Å². The predicted octanol–water partition coefficient (Wildman–Crippen LogP) is 6.65. The van der Waals surface area contributed by atoms with E-state index in [1.165, 1.54) is 13.8 Å². The second-order valence-corrected chi connectivity index (χ2v) is 10.6. The van der Waals surface area contributed by atoms with Gasteiger partial charge in [-0.15, -0.1) is 0 Å². The van der Waals surface area contributed by atoms with Crippen molar-refractivity contribution in [2.75, 3.05) is 13.1 Å². The van der Waals surface area contributed by atoms with Gasteiger partial charge in [-0.2, -0.15) is 26.3 Å². The highest BCUT2D eigenvalue weighted by atomic mass is 19.4. The molecule has 0 radical (unpaired) electrons. The Labute approximate surface area is 222 Å². The molecule has 0 amide bonds. The molecule has 2 aliphatic rings. The number of aryl methyl sites for hydroxylation is 1. The molecule has 2 aromatic carbocycles. The maximum absolute atomic E-state index is 13.8. The number of carbonyl (C=O) groups is 1. The van der Waals surface area contributed by atoms with E-state index in [1.54, 1.807) is 23.1 Å². The summed E-state index contributed by atoms with van der Waals surface area (Å²) in [6.07, 6.45) is -8.70. The molecule has 0 saturated carbocycles. The number of alkyl halides is 6. The first-order valence-corrected chi connectivity index (χ1v) is 12.9. The van der Waals surface area contributed by atoms with Crippen LogP contribution in [0.5, 0.6) is 5.75 Å². The van der Waals surface area contributed by atoms with Crippen LogP contribution < -0.4 is 4.74 Å². The summed E-state index contributed by atoms with van der Waals surface area (Å²) in [5.74, 6) is -1.65. The fourth-order valence-corrected chi connectivity index (χ4v) is 5.49. The highest BCUT2D eigenvalue weighted by molar-refractivity contribution is 5.70. The average molecular weight is 560 g/mol. The van der Waals surface area contributed by atoms with E-state index in [9.17, 15) is 41.4 Å². The maximum Gasteiger partial charge on any atom is 0.416 e. The molecule has 2 heterocycles. The van der Waals surface area contributed by atoms with Crippen LogP contribution in [0.3, 0.4) is 0 Å². The third-order valence-electron chi connectivity index (χ3n) is 7.92. The van der Waals surface area contributed by atoms with Gasteiger partial charge in [0.05, 0.1) is 23.1 Å². The molecule has 5 atom stereocenters. The number of halogens is 6. The van der Waals surface area contributed by atoms with Crippen molar-refractivity contribution < 1.29 is 46.1 Å². The summed E-state index contributed by atoms with van der Waals surface area (Å²) < 4.78 is 88.0. The van der Waals surface area contributed by atoms with E-state index in [2.05, 4.69) is 0 Å². The first kappa shape index (κ1) is 29.2. The number of fused-ring (bicyclic) bond motifs is 4. The zero-order valence-corrected chi connectivity index (χ0v) is 21.5. The van der Waals surface area contributed by atoms with Crippen LogP contribution >= 0.6 is 0 Å². The van der Waals surface area contributed by atoms with Crippen molar-refractivity contribution in [2.24, 2.45) is 11.8 Å². The molecule has 1 saturated heterocycles. The minimum atomic E-state index is -4.82. The Morgan fingerprint density at radius 2 is 1.69 bits per heavy atom. The third kappa shape index (κ3) is 6.51. The van der Waals surface area contributed by atoms with Gasteiger partial charge in [0, 0.05) is 19.1 Å². The summed E-state index contributed by atoms with van der Waals surface area (Å²) in [6.45, 7) is 3.50. The van der Waals surface area contributed by atoms with Crippen molar-refractivity contribution >= 4 is 5.97 Å². The molecule has 2 aromatic rings. The van der Waals surface area contributed by atoms with Crippen molar-refractivity contribution in [3.05, 3.63) is 64.2 Å². The van der Waals surface area contributed by atoms with Gasteiger partial charge in [0.2, 0.25) is 0 Å². The number of likely N-dealkylation sites (tertiary alicyclic amines) is 1. The van der Waals surface area contributed by atoms with Crippen molar-refractivity contribution in [1.29, 1.82) is 0 Å². The van der Waals surface area contributed by atoms with Crippen LogP contribution in [0.1, 0.15) is 73.1 Å². The molecule has 4 rings (SSSR count). The zero-order valence-electron chi connectivity index (χ0n) is 21.5. The van der Waals surface area contributed by atoms with E-state index >= 15 is 0 Å². The molecule has 2 aliphatic heterocycles. The SMILES string of the molecule is C[C@H](C(=O)O)[C@@H](O)c1ccc2c(c1)O[C@H]1CC[C@@H](CC2)CN([C@@H](C)c2cc(C(F)(F)F)ccc2C(F)(F)F)C1. The second kappa shape index (κ2) is 11.0. The number of rotatable bonds is 5. The summed E-state index contributed by atoms with van der Waals surface area (Å²) in [5, 5.41) is 19.8. The lowest BCUT2D eigenvalue weighted by Crippen LogP contribution is -2.38. The lowest BCUT2D eigenvalue weighted by atomic mass is 9.92. The number of aliphatic hydroxyl groups is 1. The number of hydrogen-bond acceptors (Lipinski definition) is 4. The van der Waals surface area contributed by atoms with Gasteiger partial charge >= 0.3 is 18.3 Å². The minimum Gasteiger partial charge on any atom is -0.489 e. The molecule has 1 fully saturated rings. The predicted molar refractivity (Wildman–Crippen MR) is 130 cm³/mol. The number of benzene rings is 2. The summed E-state index contributed by atoms with van der Waals surface area (Å²) in [7, 11) is 0. The monoisotopic (exact) mass is 559 g/mol. The van der Waals surface area contributed by atoms with Crippen molar-refractivity contribution in [3.8, 4) is 5.75 Å². The molecule has 0 aromatic heterocycles. The van der Waals surface area contributed by atoms with E-state index in [1.807, 2.05) is 0 Å². The molecular weight excluding hydrogens is 528 g/mol. The number of carboxylic acid groups (broad SMARTS) is 1. The summed E-state index contributed by atoms with van der Waals surface area (Å²) in [4.78, 5) is 13.1. The third-order valence-corrected chi connectivity index (χ3v) is 7.92. The van der Waals surface area contributed by atoms with Gasteiger partial charge in [-0.1, -0.05) is 12.1 Å². The van der Waals surface area contributed by atoms with Crippen LogP contribution in [0.4, 0.5) is 26.3 Å². The number of nitrogens with zero attached hydrogens (tertiary/aromatic N) is 1. The number of aliphatic carboxylic acids is 1. The number of ether oxygens (including phenoxy) is 1. The second-order valence-electron chi connectivity index (χ2n) is 10.6. The molecule has 2 bridgehead atoms. The molecule has 39 heavy (non-hydrogen) atoms. The maximum atomic E-state index is 13.8. The van der Waals surface area contributed by atoms with E-state index < -0.39 is 59.2 Å². The molecule has 11 heteroatoms. The first-order chi connectivity index (χ1) is 18.1. The van der Waals surface area contributed by atoms with E-state index in [-0.39, 0.29) is 12.5 Å².